The van der Waals surface area contributed by atoms with Crippen LogP contribution in [0.5, 0.6) is 0 Å². The first-order chi connectivity index (χ1) is 14.6. The molecule has 2 aromatic rings. The summed E-state index contributed by atoms with van der Waals surface area (Å²) in [7, 11) is 0. The van der Waals surface area contributed by atoms with Crippen molar-refractivity contribution in [3.8, 4) is 6.07 Å². The van der Waals surface area contributed by atoms with E-state index in [2.05, 4.69) is 13.0 Å². The first-order valence-electron chi connectivity index (χ1n) is 10.4. The maximum Gasteiger partial charge on any atom is 0.220 e. The zero-order valence-electron chi connectivity index (χ0n) is 17.6. The zero-order valence-corrected chi connectivity index (χ0v) is 17.6. The van der Waals surface area contributed by atoms with Crippen molar-refractivity contribution in [2.75, 3.05) is 6.61 Å². The lowest BCUT2D eigenvalue weighted by molar-refractivity contribution is -0.139. The largest absolute Gasteiger partial charge is 0.463 e. The highest BCUT2D eigenvalue weighted by molar-refractivity contribution is 5.76. The number of carbonyl (C=O) groups is 1. The predicted octanol–water partition coefficient (Wildman–Crippen LogP) is 4.90. The summed E-state index contributed by atoms with van der Waals surface area (Å²) in [6.07, 6.45) is 1.87. The first-order valence-corrected chi connectivity index (χ1v) is 10.4. The highest BCUT2D eigenvalue weighted by Gasteiger charge is 2.37. The Hall–Kier alpha value is -3.10. The fraction of sp³-hybridized carbons (Fsp3) is 0.360. The van der Waals surface area contributed by atoms with Crippen LogP contribution >= 0.6 is 0 Å². The maximum absolute atomic E-state index is 12.6. The Morgan fingerprint density at radius 3 is 2.43 bits per heavy atom. The predicted molar refractivity (Wildman–Crippen MR) is 116 cm³/mol. The van der Waals surface area contributed by atoms with Gasteiger partial charge in [0.15, 0.2) is 0 Å². The van der Waals surface area contributed by atoms with Gasteiger partial charge in [0.25, 0.3) is 0 Å². The molecular weight excluding hydrogens is 376 g/mol. The number of amides is 1. The van der Waals surface area contributed by atoms with Gasteiger partial charge >= 0.3 is 0 Å². The van der Waals surface area contributed by atoms with Gasteiger partial charge in [0.05, 0.1) is 18.2 Å². The van der Waals surface area contributed by atoms with E-state index in [1.807, 2.05) is 60.7 Å². The molecule has 0 saturated heterocycles. The first kappa shape index (κ1) is 21.6. The summed E-state index contributed by atoms with van der Waals surface area (Å²) in [5, 5.41) is 10.0. The van der Waals surface area contributed by atoms with E-state index in [1.165, 1.54) is 0 Å². The number of unbranched alkanes of at least 4 members (excludes halogenated alkanes) is 1. The minimum absolute atomic E-state index is 0.0850. The average Bonchev–Trinajstić information content (AvgIpc) is 2.78. The van der Waals surface area contributed by atoms with Crippen molar-refractivity contribution in [3.63, 3.8) is 0 Å². The Labute approximate surface area is 178 Å². The lowest BCUT2D eigenvalue weighted by Crippen LogP contribution is -2.45. The Bertz CT molecular complexity index is 903. The average molecular weight is 405 g/mol. The molecule has 0 bridgehead atoms. The van der Waals surface area contributed by atoms with Crippen LogP contribution < -0.4 is 0 Å². The fourth-order valence-corrected chi connectivity index (χ4v) is 3.60. The lowest BCUT2D eigenvalue weighted by atomic mass is 9.95. The van der Waals surface area contributed by atoms with Crippen molar-refractivity contribution in [1.29, 1.82) is 5.26 Å². The SMILES string of the molecule is CCCCO[C@@H]1C[C@H](N(Cc2ccccc2)C(C)=O)C(C#N)=C(c2ccccc2)O1. The molecule has 2 aromatic carbocycles. The summed E-state index contributed by atoms with van der Waals surface area (Å²) < 4.78 is 12.1. The molecule has 3 rings (SSSR count). The van der Waals surface area contributed by atoms with E-state index in [4.69, 9.17) is 9.47 Å². The molecule has 2 atom stereocenters. The summed E-state index contributed by atoms with van der Waals surface area (Å²) in [5.41, 5.74) is 2.29. The molecule has 1 amide bonds. The monoisotopic (exact) mass is 404 g/mol. The van der Waals surface area contributed by atoms with Gasteiger partial charge in [-0.15, -0.1) is 0 Å². The van der Waals surface area contributed by atoms with Gasteiger partial charge in [-0.05, 0) is 12.0 Å². The minimum atomic E-state index is -0.508. The number of hydrogen-bond acceptors (Lipinski definition) is 4. The van der Waals surface area contributed by atoms with Crippen LogP contribution in [0.4, 0.5) is 0 Å². The number of rotatable bonds is 8. The smallest absolute Gasteiger partial charge is 0.220 e. The van der Waals surface area contributed by atoms with Crippen molar-refractivity contribution in [3.05, 3.63) is 77.4 Å². The van der Waals surface area contributed by atoms with E-state index in [-0.39, 0.29) is 5.91 Å². The minimum Gasteiger partial charge on any atom is -0.463 e. The number of hydrogen-bond donors (Lipinski definition) is 0. The number of ether oxygens (including phenoxy) is 2. The summed E-state index contributed by atoms with van der Waals surface area (Å²) in [6.45, 7) is 4.66. The topological polar surface area (TPSA) is 62.6 Å². The summed E-state index contributed by atoms with van der Waals surface area (Å²) in [4.78, 5) is 14.4. The van der Waals surface area contributed by atoms with Crippen LogP contribution in [-0.4, -0.2) is 29.7 Å². The van der Waals surface area contributed by atoms with Gasteiger partial charge in [-0.3, -0.25) is 4.79 Å². The van der Waals surface area contributed by atoms with Crippen LogP contribution in [0, 0.1) is 11.3 Å². The fourth-order valence-electron chi connectivity index (χ4n) is 3.60. The van der Waals surface area contributed by atoms with E-state index in [0.717, 1.165) is 24.0 Å². The number of carbonyl (C=O) groups excluding carboxylic acids is 1. The molecule has 1 aliphatic heterocycles. The number of nitriles is 1. The van der Waals surface area contributed by atoms with E-state index in [9.17, 15) is 10.1 Å². The van der Waals surface area contributed by atoms with E-state index < -0.39 is 12.3 Å². The van der Waals surface area contributed by atoms with Crippen LogP contribution in [-0.2, 0) is 20.8 Å². The summed E-state index contributed by atoms with van der Waals surface area (Å²) in [6, 6.07) is 21.3. The van der Waals surface area contributed by atoms with Crippen molar-refractivity contribution in [1.82, 2.24) is 4.90 Å². The molecule has 0 fully saturated rings. The van der Waals surface area contributed by atoms with Gasteiger partial charge in [-0.2, -0.15) is 5.26 Å². The Kier molecular flexibility index (Phi) is 7.64. The Balaban J connectivity index is 1.98. The molecule has 0 saturated carbocycles. The molecule has 30 heavy (non-hydrogen) atoms. The van der Waals surface area contributed by atoms with Crippen LogP contribution in [0.3, 0.4) is 0 Å². The molecule has 1 aliphatic rings. The van der Waals surface area contributed by atoms with Gasteiger partial charge in [0.1, 0.15) is 11.8 Å². The van der Waals surface area contributed by atoms with Gasteiger partial charge in [-0.25, -0.2) is 0 Å². The molecule has 0 aromatic heterocycles. The highest BCUT2D eigenvalue weighted by Crippen LogP contribution is 2.35. The standard InChI is InChI=1S/C25H28N2O3/c1-3-4-15-29-24-16-23(27(19(2)28)18-20-11-7-5-8-12-20)22(17-26)25(30-24)21-13-9-6-10-14-21/h5-14,23-24H,3-4,15-16,18H2,1-2H3/t23-,24-/m0/s1. The summed E-state index contributed by atoms with van der Waals surface area (Å²) in [5.74, 6) is 0.411. The second-order valence-corrected chi connectivity index (χ2v) is 7.38. The Morgan fingerprint density at radius 1 is 1.17 bits per heavy atom. The molecule has 0 spiro atoms. The molecule has 5 heteroatoms. The lowest BCUT2D eigenvalue weighted by Gasteiger charge is -2.38. The molecule has 156 valence electrons. The molecular formula is C25H28N2O3. The van der Waals surface area contributed by atoms with Crippen LogP contribution in [0.25, 0.3) is 5.76 Å². The molecule has 5 nitrogen and oxygen atoms in total. The summed E-state index contributed by atoms with van der Waals surface area (Å²) >= 11 is 0. The number of nitrogens with zero attached hydrogens (tertiary/aromatic N) is 2. The zero-order chi connectivity index (χ0) is 21.3. The maximum atomic E-state index is 12.6. The Morgan fingerprint density at radius 2 is 1.83 bits per heavy atom. The van der Waals surface area contributed by atoms with Gasteiger partial charge in [0, 0.05) is 25.5 Å². The molecule has 0 radical (unpaired) electrons. The quantitative estimate of drug-likeness (QED) is 0.587. The van der Waals surface area contributed by atoms with Gasteiger partial charge in [0.2, 0.25) is 12.2 Å². The van der Waals surface area contributed by atoms with E-state index in [1.54, 1.807) is 11.8 Å². The van der Waals surface area contributed by atoms with Crippen LogP contribution in [0.15, 0.2) is 66.2 Å². The molecule has 0 aliphatic carbocycles. The third kappa shape index (κ3) is 5.28. The van der Waals surface area contributed by atoms with Gasteiger partial charge < -0.3 is 14.4 Å². The molecule has 0 unspecified atom stereocenters. The molecule has 0 N–H and O–H groups in total. The van der Waals surface area contributed by atoms with Crippen LogP contribution in [0.1, 0.15) is 44.2 Å². The second-order valence-electron chi connectivity index (χ2n) is 7.38. The third-order valence-electron chi connectivity index (χ3n) is 5.18. The normalized spacial score (nSPS) is 18.4. The second kappa shape index (κ2) is 10.6. The highest BCUT2D eigenvalue weighted by atomic mass is 16.7. The van der Waals surface area contributed by atoms with Crippen molar-refractivity contribution in [2.24, 2.45) is 0 Å². The number of benzene rings is 2. The van der Waals surface area contributed by atoms with Crippen molar-refractivity contribution < 1.29 is 14.3 Å². The third-order valence-corrected chi connectivity index (χ3v) is 5.18. The van der Waals surface area contributed by atoms with Crippen LogP contribution in [0.2, 0.25) is 0 Å². The molecule has 1 heterocycles. The van der Waals surface area contributed by atoms with Crippen molar-refractivity contribution in [2.45, 2.75) is 52.0 Å². The van der Waals surface area contributed by atoms with Gasteiger partial charge in [-0.1, -0.05) is 74.0 Å². The van der Waals surface area contributed by atoms with E-state index in [0.29, 0.717) is 30.9 Å². The van der Waals surface area contributed by atoms with E-state index >= 15 is 0 Å². The van der Waals surface area contributed by atoms with Crippen molar-refractivity contribution >= 4 is 11.7 Å².